The first-order valence-corrected chi connectivity index (χ1v) is 4.76. The van der Waals surface area contributed by atoms with E-state index in [1.54, 1.807) is 0 Å². The van der Waals surface area contributed by atoms with Crippen LogP contribution < -0.4 is 5.32 Å². The van der Waals surface area contributed by atoms with Gasteiger partial charge < -0.3 is 10.3 Å². The number of benzene rings is 1. The monoisotopic (exact) mass is 172 g/mol. The van der Waals surface area contributed by atoms with E-state index in [1.165, 1.54) is 29.4 Å². The van der Waals surface area contributed by atoms with E-state index in [9.17, 15) is 0 Å². The molecule has 0 bridgehead atoms. The summed E-state index contributed by atoms with van der Waals surface area (Å²) >= 11 is 0. The summed E-state index contributed by atoms with van der Waals surface area (Å²) in [7, 11) is 0. The summed E-state index contributed by atoms with van der Waals surface area (Å²) in [4.78, 5) is 3.26. The molecule has 0 spiro atoms. The van der Waals surface area contributed by atoms with Crippen molar-refractivity contribution in [3.8, 4) is 0 Å². The molecule has 0 saturated heterocycles. The van der Waals surface area contributed by atoms with E-state index in [-0.39, 0.29) is 0 Å². The van der Waals surface area contributed by atoms with Gasteiger partial charge in [-0.25, -0.2) is 0 Å². The minimum atomic E-state index is 0.721. The van der Waals surface area contributed by atoms with E-state index in [0.717, 1.165) is 6.04 Å². The van der Waals surface area contributed by atoms with Crippen LogP contribution in [0.1, 0.15) is 12.8 Å². The van der Waals surface area contributed by atoms with Crippen LogP contribution in [-0.2, 0) is 0 Å². The van der Waals surface area contributed by atoms with Gasteiger partial charge in [0.25, 0.3) is 0 Å². The highest BCUT2D eigenvalue weighted by molar-refractivity contribution is 5.92. The smallest absolute Gasteiger partial charge is 0.0600 e. The summed E-state index contributed by atoms with van der Waals surface area (Å²) in [5.74, 6) is 0. The molecule has 0 radical (unpaired) electrons. The number of fused-ring (bicyclic) bond motifs is 1. The van der Waals surface area contributed by atoms with Crippen LogP contribution in [0.2, 0.25) is 0 Å². The Morgan fingerprint density at radius 2 is 2.08 bits per heavy atom. The molecular weight excluding hydrogens is 160 g/mol. The Morgan fingerprint density at radius 1 is 1.23 bits per heavy atom. The van der Waals surface area contributed by atoms with E-state index in [4.69, 9.17) is 0 Å². The Morgan fingerprint density at radius 3 is 2.92 bits per heavy atom. The summed E-state index contributed by atoms with van der Waals surface area (Å²) < 4.78 is 0. The van der Waals surface area contributed by atoms with E-state index in [2.05, 4.69) is 40.8 Å². The minimum Gasteiger partial charge on any atom is -0.381 e. The molecule has 1 aliphatic rings. The number of hydrogen-bond acceptors (Lipinski definition) is 1. The van der Waals surface area contributed by atoms with Gasteiger partial charge in [0.2, 0.25) is 0 Å². The van der Waals surface area contributed by atoms with Gasteiger partial charge in [0, 0.05) is 23.1 Å². The summed E-state index contributed by atoms with van der Waals surface area (Å²) in [6.45, 7) is 0. The predicted octanol–water partition coefficient (Wildman–Crippen LogP) is 2.74. The molecule has 66 valence electrons. The number of anilines is 1. The molecular formula is C11H12N2. The first-order valence-electron chi connectivity index (χ1n) is 4.76. The first-order chi connectivity index (χ1) is 6.43. The van der Waals surface area contributed by atoms with Crippen molar-refractivity contribution in [1.82, 2.24) is 4.98 Å². The number of aromatic nitrogens is 1. The molecule has 0 aliphatic heterocycles. The van der Waals surface area contributed by atoms with Crippen LogP contribution in [0.5, 0.6) is 0 Å². The summed E-state index contributed by atoms with van der Waals surface area (Å²) in [5, 5.41) is 4.81. The number of rotatable bonds is 2. The molecule has 1 aromatic heterocycles. The maximum absolute atomic E-state index is 3.51. The highest BCUT2D eigenvalue weighted by atomic mass is 15.0. The zero-order valence-electron chi connectivity index (χ0n) is 7.38. The summed E-state index contributed by atoms with van der Waals surface area (Å²) in [6, 6.07) is 9.11. The van der Waals surface area contributed by atoms with Crippen LogP contribution in [0.25, 0.3) is 10.9 Å². The Labute approximate surface area is 77.0 Å². The lowest BCUT2D eigenvalue weighted by Gasteiger charge is -2.00. The van der Waals surface area contributed by atoms with Crippen molar-refractivity contribution in [2.75, 3.05) is 5.32 Å². The third kappa shape index (κ3) is 1.18. The SMILES string of the molecule is c1ccc2c(NC3CC3)c[nH]c2c1. The van der Waals surface area contributed by atoms with Crippen LogP contribution >= 0.6 is 0 Å². The maximum Gasteiger partial charge on any atom is 0.0600 e. The van der Waals surface area contributed by atoms with Gasteiger partial charge in [-0.2, -0.15) is 0 Å². The third-order valence-electron chi connectivity index (χ3n) is 2.53. The number of hydrogen-bond donors (Lipinski definition) is 2. The number of H-pyrrole nitrogens is 1. The predicted molar refractivity (Wildman–Crippen MR) is 54.9 cm³/mol. The van der Waals surface area contributed by atoms with Crippen molar-refractivity contribution in [1.29, 1.82) is 0 Å². The highest BCUT2D eigenvalue weighted by Crippen LogP contribution is 2.29. The molecule has 2 N–H and O–H groups in total. The Hall–Kier alpha value is -1.44. The second kappa shape index (κ2) is 2.52. The molecule has 13 heavy (non-hydrogen) atoms. The zero-order chi connectivity index (χ0) is 8.67. The highest BCUT2D eigenvalue weighted by Gasteiger charge is 2.21. The Kier molecular flexibility index (Phi) is 1.36. The number of aromatic amines is 1. The van der Waals surface area contributed by atoms with Crippen LogP contribution in [0.15, 0.2) is 30.5 Å². The standard InChI is InChI=1S/C11H12N2/c1-2-4-10-9(3-1)11(7-12-10)13-8-5-6-8/h1-4,7-8,12-13H,5-6H2. The van der Waals surface area contributed by atoms with Gasteiger partial charge in [0.05, 0.1) is 5.69 Å². The normalized spacial score (nSPS) is 16.3. The average molecular weight is 172 g/mol. The van der Waals surface area contributed by atoms with Gasteiger partial charge in [-0.3, -0.25) is 0 Å². The fraction of sp³-hybridized carbons (Fsp3) is 0.273. The van der Waals surface area contributed by atoms with Crippen molar-refractivity contribution in [2.45, 2.75) is 18.9 Å². The average Bonchev–Trinajstić information content (AvgIpc) is 2.88. The molecule has 1 aromatic carbocycles. The fourth-order valence-electron chi connectivity index (χ4n) is 1.64. The van der Waals surface area contributed by atoms with Crippen LogP contribution in [0.4, 0.5) is 5.69 Å². The molecule has 3 rings (SSSR count). The van der Waals surface area contributed by atoms with Crippen molar-refractivity contribution < 1.29 is 0 Å². The van der Waals surface area contributed by atoms with E-state index in [1.807, 2.05) is 0 Å². The molecule has 0 unspecified atom stereocenters. The van der Waals surface area contributed by atoms with Gasteiger partial charge in [0.15, 0.2) is 0 Å². The molecule has 0 atom stereocenters. The van der Waals surface area contributed by atoms with Gasteiger partial charge >= 0.3 is 0 Å². The Bertz CT molecular complexity index is 426. The molecule has 1 saturated carbocycles. The maximum atomic E-state index is 3.51. The van der Waals surface area contributed by atoms with Gasteiger partial charge in [-0.05, 0) is 18.9 Å². The summed E-state index contributed by atoms with van der Waals surface area (Å²) in [6.07, 6.45) is 4.70. The lowest BCUT2D eigenvalue weighted by Crippen LogP contribution is -1.99. The van der Waals surface area contributed by atoms with Crippen molar-refractivity contribution >= 4 is 16.6 Å². The van der Waals surface area contributed by atoms with E-state index < -0.39 is 0 Å². The lowest BCUT2D eigenvalue weighted by molar-refractivity contribution is 1.16. The van der Waals surface area contributed by atoms with Crippen LogP contribution in [0.3, 0.4) is 0 Å². The second-order valence-corrected chi connectivity index (χ2v) is 3.67. The second-order valence-electron chi connectivity index (χ2n) is 3.67. The number of para-hydroxylation sites is 1. The van der Waals surface area contributed by atoms with Crippen LogP contribution in [0, 0.1) is 0 Å². The van der Waals surface area contributed by atoms with Gasteiger partial charge in [-0.1, -0.05) is 18.2 Å². The van der Waals surface area contributed by atoms with E-state index in [0.29, 0.717) is 0 Å². The molecule has 1 heterocycles. The largest absolute Gasteiger partial charge is 0.381 e. The molecule has 1 aliphatic carbocycles. The van der Waals surface area contributed by atoms with Crippen molar-refractivity contribution in [2.24, 2.45) is 0 Å². The molecule has 2 aromatic rings. The fourth-order valence-corrected chi connectivity index (χ4v) is 1.64. The third-order valence-corrected chi connectivity index (χ3v) is 2.53. The first kappa shape index (κ1) is 7.01. The van der Waals surface area contributed by atoms with Gasteiger partial charge in [-0.15, -0.1) is 0 Å². The molecule has 1 fully saturated rings. The minimum absolute atomic E-state index is 0.721. The topological polar surface area (TPSA) is 27.8 Å². The molecule has 2 heteroatoms. The molecule has 0 amide bonds. The molecule has 2 nitrogen and oxygen atoms in total. The van der Waals surface area contributed by atoms with Crippen molar-refractivity contribution in [3.05, 3.63) is 30.5 Å². The zero-order valence-corrected chi connectivity index (χ0v) is 7.38. The lowest BCUT2D eigenvalue weighted by atomic mass is 10.2. The van der Waals surface area contributed by atoms with Crippen molar-refractivity contribution in [3.63, 3.8) is 0 Å². The van der Waals surface area contributed by atoms with Gasteiger partial charge in [0.1, 0.15) is 0 Å². The Balaban J connectivity index is 2.06. The number of nitrogens with one attached hydrogen (secondary N) is 2. The summed E-state index contributed by atoms with van der Waals surface area (Å²) in [5.41, 5.74) is 2.46. The van der Waals surface area contributed by atoms with Crippen LogP contribution in [-0.4, -0.2) is 11.0 Å². The quantitative estimate of drug-likeness (QED) is 0.716. The van der Waals surface area contributed by atoms with E-state index >= 15 is 0 Å².